The highest BCUT2D eigenvalue weighted by Crippen LogP contribution is 2.35. The molecule has 4 heteroatoms. The quantitative estimate of drug-likeness (QED) is 0.736. The number of hydrogen-bond donors (Lipinski definition) is 1. The van der Waals surface area contributed by atoms with E-state index in [0.29, 0.717) is 5.02 Å². The van der Waals surface area contributed by atoms with Crippen molar-refractivity contribution >= 4 is 34.6 Å². The minimum atomic E-state index is -0.0359. The minimum absolute atomic E-state index is 0.0359. The molecule has 1 aromatic carbocycles. The predicted octanol–water partition coefficient (Wildman–Crippen LogP) is 3.16. The number of nitrogens with one attached hydrogen (secondary N) is 1. The average molecular weight is 235 g/mol. The number of hydrogen-bond acceptors (Lipinski definition) is 2. The van der Waals surface area contributed by atoms with Gasteiger partial charge in [-0.2, -0.15) is 0 Å². The van der Waals surface area contributed by atoms with E-state index in [1.54, 1.807) is 12.1 Å². The van der Waals surface area contributed by atoms with Crippen LogP contribution in [0, 0.1) is 5.92 Å². The van der Waals surface area contributed by atoms with E-state index in [4.69, 9.17) is 11.6 Å². The largest absolute Gasteiger partial charge is 0.324 e. The maximum Gasteiger partial charge on any atom is 0.233 e. The predicted molar refractivity (Wildman–Crippen MR) is 64.5 cm³/mol. The molecule has 1 heterocycles. The molecule has 1 atom stereocenters. The summed E-state index contributed by atoms with van der Waals surface area (Å²) >= 11 is 5.90. The molecule has 1 fully saturated rings. The van der Waals surface area contributed by atoms with Crippen LogP contribution in [0.4, 0.5) is 11.4 Å². The van der Waals surface area contributed by atoms with E-state index in [-0.39, 0.29) is 11.8 Å². The Morgan fingerprint density at radius 2 is 2.31 bits per heavy atom. The fourth-order valence-electron chi connectivity index (χ4n) is 2.32. The number of fused-ring (bicyclic) bond motifs is 2. The van der Waals surface area contributed by atoms with Gasteiger partial charge in [-0.05, 0) is 37.5 Å². The Morgan fingerprint density at radius 1 is 1.44 bits per heavy atom. The molecule has 0 bridgehead atoms. The van der Waals surface area contributed by atoms with Crippen LogP contribution in [0.5, 0.6) is 0 Å². The average Bonchev–Trinajstić information content (AvgIpc) is 2.65. The van der Waals surface area contributed by atoms with Crippen molar-refractivity contribution in [1.29, 1.82) is 0 Å². The van der Waals surface area contributed by atoms with E-state index < -0.39 is 0 Å². The first-order valence-electron chi connectivity index (χ1n) is 5.42. The second-order valence-corrected chi connectivity index (χ2v) is 4.64. The van der Waals surface area contributed by atoms with Crippen LogP contribution >= 0.6 is 11.6 Å². The fourth-order valence-corrected chi connectivity index (χ4v) is 2.50. The van der Waals surface area contributed by atoms with E-state index in [0.717, 1.165) is 36.3 Å². The third-order valence-corrected chi connectivity index (χ3v) is 3.36. The maximum absolute atomic E-state index is 11.9. The molecule has 1 amide bonds. The molecule has 1 N–H and O–H groups in total. The van der Waals surface area contributed by atoms with Crippen LogP contribution in [0.1, 0.15) is 19.3 Å². The molecule has 3 rings (SSSR count). The highest BCUT2D eigenvalue weighted by Gasteiger charge is 2.31. The molecule has 82 valence electrons. The summed E-state index contributed by atoms with van der Waals surface area (Å²) in [5, 5.41) is 3.51. The van der Waals surface area contributed by atoms with Gasteiger partial charge < -0.3 is 5.32 Å². The topological polar surface area (TPSA) is 41.5 Å². The number of anilines is 1. The highest BCUT2D eigenvalue weighted by atomic mass is 35.5. The van der Waals surface area contributed by atoms with E-state index >= 15 is 0 Å². The number of amides is 1. The first-order valence-corrected chi connectivity index (χ1v) is 5.80. The molecule has 3 nitrogen and oxygen atoms in total. The molecule has 1 aliphatic heterocycles. The maximum atomic E-state index is 11.9. The summed E-state index contributed by atoms with van der Waals surface area (Å²) in [4.78, 5) is 16.5. The van der Waals surface area contributed by atoms with E-state index in [2.05, 4.69) is 10.3 Å². The van der Waals surface area contributed by atoms with Gasteiger partial charge in [0.1, 0.15) is 0 Å². The van der Waals surface area contributed by atoms with Gasteiger partial charge in [-0.1, -0.05) is 11.6 Å². The van der Waals surface area contributed by atoms with Crippen molar-refractivity contribution in [1.82, 2.24) is 0 Å². The number of nitrogens with zero attached hydrogens (tertiary/aromatic N) is 1. The van der Waals surface area contributed by atoms with Crippen molar-refractivity contribution in [3.05, 3.63) is 23.2 Å². The van der Waals surface area contributed by atoms with E-state index in [1.807, 2.05) is 6.07 Å². The lowest BCUT2D eigenvalue weighted by molar-refractivity contribution is -0.117. The third-order valence-electron chi connectivity index (χ3n) is 3.12. The van der Waals surface area contributed by atoms with Gasteiger partial charge in [0.2, 0.25) is 5.91 Å². The number of carbonyl (C=O) groups excluding carboxylic acids is 1. The second kappa shape index (κ2) is 3.59. The smallest absolute Gasteiger partial charge is 0.233 e. The van der Waals surface area contributed by atoms with Crippen LogP contribution in [-0.2, 0) is 4.79 Å². The zero-order valence-corrected chi connectivity index (χ0v) is 9.42. The number of aliphatic imine (C=N–C) groups is 1. The molecular formula is C12H11ClN2O. The summed E-state index contributed by atoms with van der Waals surface area (Å²) in [6, 6.07) is 5.40. The van der Waals surface area contributed by atoms with Gasteiger partial charge in [0.15, 0.2) is 0 Å². The van der Waals surface area contributed by atoms with Gasteiger partial charge in [-0.3, -0.25) is 9.79 Å². The van der Waals surface area contributed by atoms with Crippen molar-refractivity contribution in [2.24, 2.45) is 10.9 Å². The molecule has 1 aliphatic carbocycles. The third kappa shape index (κ3) is 1.52. The molecule has 0 aromatic heterocycles. The van der Waals surface area contributed by atoms with Crippen LogP contribution in [0.15, 0.2) is 23.2 Å². The van der Waals surface area contributed by atoms with E-state index in [9.17, 15) is 4.79 Å². The molecule has 0 saturated heterocycles. The lowest BCUT2D eigenvalue weighted by Crippen LogP contribution is -2.24. The van der Waals surface area contributed by atoms with Crippen molar-refractivity contribution in [3.8, 4) is 0 Å². The monoisotopic (exact) mass is 234 g/mol. The Labute approximate surface area is 98.5 Å². The summed E-state index contributed by atoms with van der Waals surface area (Å²) in [6.07, 6.45) is 2.90. The summed E-state index contributed by atoms with van der Waals surface area (Å²) in [5.41, 5.74) is 2.55. The van der Waals surface area contributed by atoms with Crippen LogP contribution in [-0.4, -0.2) is 11.6 Å². The number of benzene rings is 1. The molecule has 1 aromatic rings. The van der Waals surface area contributed by atoms with Gasteiger partial charge in [0, 0.05) is 10.7 Å². The van der Waals surface area contributed by atoms with Gasteiger partial charge in [-0.15, -0.1) is 0 Å². The lowest BCUT2D eigenvalue weighted by Gasteiger charge is -2.07. The Kier molecular flexibility index (Phi) is 2.21. The zero-order valence-electron chi connectivity index (χ0n) is 8.66. The van der Waals surface area contributed by atoms with Gasteiger partial charge in [0.25, 0.3) is 0 Å². The summed E-state index contributed by atoms with van der Waals surface area (Å²) in [6.45, 7) is 0. The Morgan fingerprint density at radius 3 is 3.19 bits per heavy atom. The Balaban J connectivity index is 2.12. The Bertz CT molecular complexity index is 496. The van der Waals surface area contributed by atoms with Crippen molar-refractivity contribution < 1.29 is 4.79 Å². The van der Waals surface area contributed by atoms with Gasteiger partial charge in [0.05, 0.1) is 17.3 Å². The summed E-state index contributed by atoms with van der Waals surface area (Å²) in [7, 11) is 0. The minimum Gasteiger partial charge on any atom is -0.324 e. The standard InChI is InChI=1S/C12H11ClN2O/c13-7-4-5-10-11(6-7)15-12(16)8-2-1-3-9(8)14-10/h4-6,8H,1-3H2,(H,15,16). The highest BCUT2D eigenvalue weighted by molar-refractivity contribution is 6.31. The summed E-state index contributed by atoms with van der Waals surface area (Å²) in [5.74, 6) is 0.0171. The molecule has 16 heavy (non-hydrogen) atoms. The Hall–Kier alpha value is -1.35. The molecule has 0 spiro atoms. The van der Waals surface area contributed by atoms with Crippen LogP contribution < -0.4 is 5.32 Å². The number of rotatable bonds is 0. The molecular weight excluding hydrogens is 224 g/mol. The first kappa shape index (κ1) is 9.85. The van der Waals surface area contributed by atoms with Crippen molar-refractivity contribution in [3.63, 3.8) is 0 Å². The van der Waals surface area contributed by atoms with Crippen LogP contribution in [0.3, 0.4) is 0 Å². The molecule has 1 saturated carbocycles. The van der Waals surface area contributed by atoms with Crippen LogP contribution in [0.25, 0.3) is 0 Å². The lowest BCUT2D eigenvalue weighted by atomic mass is 10.1. The van der Waals surface area contributed by atoms with Crippen LogP contribution in [0.2, 0.25) is 5.02 Å². The second-order valence-electron chi connectivity index (χ2n) is 4.20. The molecule has 2 aliphatic rings. The summed E-state index contributed by atoms with van der Waals surface area (Å²) < 4.78 is 0. The number of carbonyl (C=O) groups is 1. The zero-order chi connectivity index (χ0) is 11.1. The first-order chi connectivity index (χ1) is 7.74. The van der Waals surface area contributed by atoms with Gasteiger partial charge >= 0.3 is 0 Å². The fraction of sp³-hybridized carbons (Fsp3) is 0.333. The SMILES string of the molecule is O=C1Nc2cc(Cl)ccc2N=C2CCCC12. The van der Waals surface area contributed by atoms with E-state index in [1.165, 1.54) is 0 Å². The molecule has 1 unspecified atom stereocenters. The number of halogens is 1. The molecule has 0 radical (unpaired) electrons. The van der Waals surface area contributed by atoms with Crippen molar-refractivity contribution in [2.45, 2.75) is 19.3 Å². The van der Waals surface area contributed by atoms with Gasteiger partial charge in [-0.25, -0.2) is 0 Å². The normalized spacial score (nSPS) is 22.9. The van der Waals surface area contributed by atoms with Crippen molar-refractivity contribution in [2.75, 3.05) is 5.32 Å².